The van der Waals surface area contributed by atoms with Crippen LogP contribution in [0.2, 0.25) is 0 Å². The first kappa shape index (κ1) is 38.2. The summed E-state index contributed by atoms with van der Waals surface area (Å²) in [6.45, 7) is 9.85. The maximum Gasteiger partial charge on any atom is 0.259 e. The highest BCUT2D eigenvalue weighted by Crippen LogP contribution is 2.48. The monoisotopic (exact) mass is 779 g/mol. The van der Waals surface area contributed by atoms with Gasteiger partial charge in [0.2, 0.25) is 15.9 Å². The zero-order valence-corrected chi connectivity index (χ0v) is 33.3. The largest absolute Gasteiger partial charge is 0.496 e. The number of methoxy groups -OCH3 is 1. The van der Waals surface area contributed by atoms with Crippen LogP contribution in [0.15, 0.2) is 35.7 Å². The minimum atomic E-state index is -3.95. The molecule has 5 atom stereocenters. The lowest BCUT2D eigenvalue weighted by Crippen LogP contribution is -2.57. The fourth-order valence-electron chi connectivity index (χ4n) is 7.29. The summed E-state index contributed by atoms with van der Waals surface area (Å²) in [6, 6.07) is 4.58. The van der Waals surface area contributed by atoms with Crippen LogP contribution >= 0.6 is 11.3 Å². The summed E-state index contributed by atoms with van der Waals surface area (Å²) >= 11 is 1.50. The summed E-state index contributed by atoms with van der Waals surface area (Å²) in [6.07, 6.45) is 5.95. The highest BCUT2D eigenvalue weighted by molar-refractivity contribution is 7.91. The molecule has 54 heavy (non-hydrogen) atoms. The number of benzene rings is 1. The summed E-state index contributed by atoms with van der Waals surface area (Å²) in [7, 11) is -2.34. The first-order chi connectivity index (χ1) is 25.7. The van der Waals surface area contributed by atoms with Crippen LogP contribution in [0.3, 0.4) is 0 Å². The molecule has 290 valence electrons. The summed E-state index contributed by atoms with van der Waals surface area (Å²) in [4.78, 5) is 53.5. The normalized spacial score (nSPS) is 27.6. The van der Waals surface area contributed by atoms with Crippen molar-refractivity contribution in [1.29, 1.82) is 0 Å². The average Bonchev–Trinajstić information content (AvgIpc) is 3.90. The van der Waals surface area contributed by atoms with E-state index in [-0.39, 0.29) is 31.2 Å². The maximum absolute atomic E-state index is 14.3. The number of carbonyl (C=O) groups excluding carboxylic acids is 3. The standard InChI is InChI=1S/C39H49N5O8S2/c1-22(2)29-21-53-35(41-29)28-18-32(27-12-13-31(50-6)23(3)33(27)40-28)52-26-17-30-34(45)42-39(37(47)43-54(48,49)38(5)14-15-38)19-25(39)11-9-7-8-10-16-51-24(4)36(46)44(30)20-26/h9,11-13,18,21-22,24-26,30H,7-8,10,14-17,19-20H2,1-6H3,(H,42,45)(H,43,47)/b11-9-/t24-,25-,26-,30+,39-/m1/s1. The Hall–Kier alpha value is -4.08. The van der Waals surface area contributed by atoms with E-state index in [1.165, 1.54) is 16.2 Å². The van der Waals surface area contributed by atoms with Gasteiger partial charge in [0.15, 0.2) is 0 Å². The van der Waals surface area contributed by atoms with Gasteiger partial charge in [0.25, 0.3) is 11.8 Å². The van der Waals surface area contributed by atoms with Crippen LogP contribution in [0.5, 0.6) is 11.5 Å². The molecule has 2 saturated carbocycles. The zero-order valence-electron chi connectivity index (χ0n) is 31.6. The number of thiazole rings is 1. The van der Waals surface area contributed by atoms with Gasteiger partial charge in [-0.3, -0.25) is 19.1 Å². The van der Waals surface area contributed by atoms with Gasteiger partial charge in [0.05, 0.1) is 29.6 Å². The van der Waals surface area contributed by atoms with Gasteiger partial charge in [-0.15, -0.1) is 11.3 Å². The van der Waals surface area contributed by atoms with E-state index in [0.717, 1.165) is 40.9 Å². The van der Waals surface area contributed by atoms with Crippen molar-refractivity contribution >= 4 is 50.0 Å². The molecule has 0 radical (unpaired) electrons. The number of aromatic nitrogens is 2. The Morgan fingerprint density at radius 1 is 1.17 bits per heavy atom. The Bertz CT molecular complexity index is 2110. The number of amides is 3. The van der Waals surface area contributed by atoms with Crippen molar-refractivity contribution < 1.29 is 37.0 Å². The molecular weight excluding hydrogens is 731 g/mol. The summed E-state index contributed by atoms with van der Waals surface area (Å²) in [5.74, 6) is -0.637. The van der Waals surface area contributed by atoms with Gasteiger partial charge in [0, 0.05) is 41.3 Å². The second-order valence-corrected chi connectivity index (χ2v) is 18.7. The Balaban J connectivity index is 1.21. The molecule has 4 aliphatic rings. The van der Waals surface area contributed by atoms with Crippen molar-refractivity contribution in [1.82, 2.24) is 24.9 Å². The Morgan fingerprint density at radius 3 is 2.65 bits per heavy atom. The maximum atomic E-state index is 14.3. The van der Waals surface area contributed by atoms with Gasteiger partial charge in [-0.1, -0.05) is 26.0 Å². The SMILES string of the molecule is COc1ccc2c(O[C@@H]3C[C@H]4C(=O)N[C@]5(C(=O)NS(=O)(=O)C6(C)CC6)C[C@H]5/C=C\CCCCO[C@H](C)C(=O)N4C3)cc(-c3nc(C(C)C)cs3)nc2c1C. The van der Waals surface area contributed by atoms with E-state index in [9.17, 15) is 22.8 Å². The minimum absolute atomic E-state index is 0.0862. The number of nitrogens with one attached hydrogen (secondary N) is 2. The Labute approximate surface area is 320 Å². The van der Waals surface area contributed by atoms with E-state index in [1.807, 2.05) is 42.7 Å². The first-order valence-electron chi connectivity index (χ1n) is 18.7. The third kappa shape index (κ3) is 7.22. The molecular formula is C39H49N5O8S2. The number of fused-ring (bicyclic) bond motifs is 3. The predicted molar refractivity (Wildman–Crippen MR) is 205 cm³/mol. The van der Waals surface area contributed by atoms with E-state index in [4.69, 9.17) is 24.2 Å². The molecule has 13 nitrogen and oxygen atoms in total. The molecule has 1 aromatic carbocycles. The van der Waals surface area contributed by atoms with E-state index in [2.05, 4.69) is 23.9 Å². The van der Waals surface area contributed by atoms with E-state index >= 15 is 0 Å². The summed E-state index contributed by atoms with van der Waals surface area (Å²) in [5.41, 5.74) is 1.64. The van der Waals surface area contributed by atoms with Crippen molar-refractivity contribution in [2.24, 2.45) is 5.92 Å². The molecule has 0 spiro atoms. The van der Waals surface area contributed by atoms with Crippen LogP contribution in [0, 0.1) is 12.8 Å². The number of aryl methyl sites for hydroxylation is 1. The van der Waals surface area contributed by atoms with Crippen LogP contribution in [0.25, 0.3) is 21.6 Å². The van der Waals surface area contributed by atoms with Crippen molar-refractivity contribution in [2.45, 2.75) is 114 Å². The van der Waals surface area contributed by atoms with Gasteiger partial charge >= 0.3 is 0 Å². The second-order valence-electron chi connectivity index (χ2n) is 15.6. The lowest BCUT2D eigenvalue weighted by atomic mass is 10.1. The first-order valence-corrected chi connectivity index (χ1v) is 21.1. The molecule has 0 unspecified atom stereocenters. The predicted octanol–water partition coefficient (Wildman–Crippen LogP) is 5.17. The third-order valence-corrected chi connectivity index (χ3v) is 14.3. The van der Waals surface area contributed by atoms with Gasteiger partial charge < -0.3 is 24.4 Å². The molecule has 15 heteroatoms. The molecule has 3 amide bonds. The molecule has 2 N–H and O–H groups in total. The number of nitrogens with zero attached hydrogens (tertiary/aromatic N) is 3. The van der Waals surface area contributed by atoms with Crippen molar-refractivity contribution in [3.05, 3.63) is 47.0 Å². The van der Waals surface area contributed by atoms with E-state index < -0.39 is 56.3 Å². The van der Waals surface area contributed by atoms with Gasteiger partial charge in [-0.25, -0.2) is 18.4 Å². The number of hydrogen-bond acceptors (Lipinski definition) is 11. The molecule has 7 rings (SSSR count). The van der Waals surface area contributed by atoms with Crippen LogP contribution < -0.4 is 19.5 Å². The lowest BCUT2D eigenvalue weighted by Gasteiger charge is -2.28. The fourth-order valence-corrected chi connectivity index (χ4v) is 9.54. The minimum Gasteiger partial charge on any atom is -0.496 e. The molecule has 2 aliphatic heterocycles. The van der Waals surface area contributed by atoms with Crippen LogP contribution in [0.4, 0.5) is 0 Å². The van der Waals surface area contributed by atoms with Gasteiger partial charge in [-0.2, -0.15) is 0 Å². The molecule has 3 aromatic rings. The second kappa shape index (κ2) is 14.5. The van der Waals surface area contributed by atoms with Gasteiger partial charge in [0.1, 0.15) is 46.0 Å². The average molecular weight is 780 g/mol. The van der Waals surface area contributed by atoms with Crippen LogP contribution in [-0.4, -0.2) is 89.8 Å². The molecule has 4 heterocycles. The molecule has 2 aliphatic carbocycles. The number of ether oxygens (including phenoxy) is 3. The number of allylic oxidation sites excluding steroid dienone is 1. The molecule has 2 aromatic heterocycles. The van der Waals surface area contributed by atoms with E-state index in [1.54, 1.807) is 21.0 Å². The van der Waals surface area contributed by atoms with Crippen molar-refractivity contribution in [3.63, 3.8) is 0 Å². The molecule has 1 saturated heterocycles. The number of hydrogen-bond donors (Lipinski definition) is 2. The summed E-state index contributed by atoms with van der Waals surface area (Å²) in [5, 5.41) is 6.43. The number of rotatable bonds is 8. The number of carbonyl (C=O) groups is 3. The lowest BCUT2D eigenvalue weighted by molar-refractivity contribution is -0.147. The van der Waals surface area contributed by atoms with Gasteiger partial charge in [-0.05, 0) is 77.3 Å². The fraction of sp³-hybridized carbons (Fsp3) is 0.564. The number of sulfonamides is 1. The smallest absolute Gasteiger partial charge is 0.259 e. The Morgan fingerprint density at radius 2 is 1.94 bits per heavy atom. The number of pyridine rings is 1. The highest BCUT2D eigenvalue weighted by Gasteiger charge is 2.63. The van der Waals surface area contributed by atoms with Crippen LogP contribution in [-0.2, 0) is 29.1 Å². The topological polar surface area (TPSA) is 166 Å². The molecule has 0 bridgehead atoms. The van der Waals surface area contributed by atoms with E-state index in [0.29, 0.717) is 42.2 Å². The quantitative estimate of drug-likeness (QED) is 0.292. The van der Waals surface area contributed by atoms with Crippen molar-refractivity contribution in [3.8, 4) is 22.2 Å². The third-order valence-electron chi connectivity index (χ3n) is 11.3. The summed E-state index contributed by atoms with van der Waals surface area (Å²) < 4.78 is 45.8. The molecule has 3 fully saturated rings. The Kier molecular flexibility index (Phi) is 10.3. The van der Waals surface area contributed by atoms with Crippen LogP contribution in [0.1, 0.15) is 89.8 Å². The highest BCUT2D eigenvalue weighted by atomic mass is 32.2. The van der Waals surface area contributed by atoms with Crippen molar-refractivity contribution in [2.75, 3.05) is 20.3 Å². The zero-order chi connectivity index (χ0) is 38.6.